The summed E-state index contributed by atoms with van der Waals surface area (Å²) >= 11 is 1.71. The van der Waals surface area contributed by atoms with Crippen LogP contribution in [0.2, 0.25) is 0 Å². The van der Waals surface area contributed by atoms with Gasteiger partial charge < -0.3 is 14.4 Å². The van der Waals surface area contributed by atoms with E-state index in [0.29, 0.717) is 18.1 Å². The maximum Gasteiger partial charge on any atom is 0.314 e. The second-order valence-electron chi connectivity index (χ2n) is 7.22. The molecule has 0 saturated carbocycles. The Morgan fingerprint density at radius 2 is 1.90 bits per heavy atom. The summed E-state index contributed by atoms with van der Waals surface area (Å²) in [5.74, 6) is 1.76. The van der Waals surface area contributed by atoms with E-state index in [0.717, 1.165) is 42.0 Å². The van der Waals surface area contributed by atoms with Gasteiger partial charge >= 0.3 is 5.97 Å². The molecule has 0 atom stereocenters. The molecule has 0 amide bonds. The lowest BCUT2D eigenvalue weighted by Crippen LogP contribution is -2.38. The van der Waals surface area contributed by atoms with E-state index >= 15 is 0 Å². The number of anilines is 1. The molecule has 7 heteroatoms. The fourth-order valence-corrected chi connectivity index (χ4v) is 4.72. The summed E-state index contributed by atoms with van der Waals surface area (Å²) in [4.78, 5) is 26.3. The molecule has 0 N–H and O–H groups in total. The number of carbonyl (C=O) groups excluding carboxylic acids is 1. The smallest absolute Gasteiger partial charge is 0.314 e. The van der Waals surface area contributed by atoms with Crippen LogP contribution in [0.25, 0.3) is 10.2 Å². The summed E-state index contributed by atoms with van der Waals surface area (Å²) < 4.78 is 11.2. The van der Waals surface area contributed by atoms with Crippen LogP contribution in [0, 0.1) is 19.8 Å². The lowest BCUT2D eigenvalue weighted by atomic mass is 9.96. The SMILES string of the molecule is CCOc1ccccc1OC(=O)C1CCN(c2ncnc3sc(C)c(C)c23)CC1. The van der Waals surface area contributed by atoms with E-state index in [4.69, 9.17) is 9.47 Å². The van der Waals surface area contributed by atoms with Gasteiger partial charge in [-0.1, -0.05) is 12.1 Å². The topological polar surface area (TPSA) is 64.6 Å². The number of thiophene rings is 1. The number of benzene rings is 1. The molecule has 0 bridgehead atoms. The van der Waals surface area contributed by atoms with Crippen LogP contribution in [-0.4, -0.2) is 35.6 Å². The molecule has 4 rings (SSSR count). The van der Waals surface area contributed by atoms with Gasteiger partial charge in [-0.2, -0.15) is 0 Å². The van der Waals surface area contributed by atoms with Gasteiger partial charge in [0.1, 0.15) is 17.0 Å². The van der Waals surface area contributed by atoms with Crippen molar-refractivity contribution < 1.29 is 14.3 Å². The molecule has 1 aliphatic rings. The molecular weight excluding hydrogens is 386 g/mol. The van der Waals surface area contributed by atoms with Crippen molar-refractivity contribution in [2.45, 2.75) is 33.6 Å². The van der Waals surface area contributed by atoms with Crippen molar-refractivity contribution in [1.82, 2.24) is 9.97 Å². The van der Waals surface area contributed by atoms with Gasteiger partial charge in [0.15, 0.2) is 11.5 Å². The third kappa shape index (κ3) is 3.92. The van der Waals surface area contributed by atoms with Crippen LogP contribution >= 0.6 is 11.3 Å². The maximum atomic E-state index is 12.7. The number of para-hydroxylation sites is 2. The van der Waals surface area contributed by atoms with Gasteiger partial charge in [0.2, 0.25) is 0 Å². The third-order valence-corrected chi connectivity index (χ3v) is 6.55. The summed E-state index contributed by atoms with van der Waals surface area (Å²) in [6, 6.07) is 7.31. The zero-order valence-corrected chi connectivity index (χ0v) is 17.8. The quantitative estimate of drug-likeness (QED) is 0.454. The van der Waals surface area contributed by atoms with Crippen molar-refractivity contribution >= 4 is 33.3 Å². The summed E-state index contributed by atoms with van der Waals surface area (Å²) in [6.45, 7) is 8.23. The number of hydrogen-bond donors (Lipinski definition) is 0. The number of nitrogens with zero attached hydrogens (tertiary/aromatic N) is 3. The highest BCUT2D eigenvalue weighted by Crippen LogP contribution is 2.36. The van der Waals surface area contributed by atoms with Gasteiger partial charge in [-0.15, -0.1) is 11.3 Å². The molecule has 0 aliphatic carbocycles. The van der Waals surface area contributed by atoms with Gasteiger partial charge in [-0.25, -0.2) is 9.97 Å². The Bertz CT molecular complexity index is 1030. The van der Waals surface area contributed by atoms with Gasteiger partial charge in [0.05, 0.1) is 17.9 Å². The van der Waals surface area contributed by atoms with Crippen molar-refractivity contribution in [3.05, 3.63) is 41.0 Å². The first kappa shape index (κ1) is 19.6. The number of hydrogen-bond acceptors (Lipinski definition) is 7. The Balaban J connectivity index is 1.44. The Morgan fingerprint density at radius 3 is 2.62 bits per heavy atom. The predicted octanol–water partition coefficient (Wildman–Crippen LogP) is 4.53. The molecule has 1 fully saturated rings. The number of rotatable bonds is 5. The van der Waals surface area contributed by atoms with E-state index in [1.54, 1.807) is 23.7 Å². The fraction of sp³-hybridized carbons (Fsp3) is 0.409. The van der Waals surface area contributed by atoms with E-state index < -0.39 is 0 Å². The molecule has 1 aromatic carbocycles. The summed E-state index contributed by atoms with van der Waals surface area (Å²) in [5.41, 5.74) is 1.25. The average molecular weight is 412 g/mol. The van der Waals surface area contributed by atoms with Crippen LogP contribution in [0.3, 0.4) is 0 Å². The highest BCUT2D eigenvalue weighted by Gasteiger charge is 2.29. The van der Waals surface area contributed by atoms with Crippen LogP contribution in [-0.2, 0) is 4.79 Å². The molecule has 2 aromatic heterocycles. The van der Waals surface area contributed by atoms with Gasteiger partial charge in [0, 0.05) is 18.0 Å². The molecule has 29 heavy (non-hydrogen) atoms. The van der Waals surface area contributed by atoms with E-state index in [-0.39, 0.29) is 11.9 Å². The lowest BCUT2D eigenvalue weighted by molar-refractivity contribution is -0.139. The minimum Gasteiger partial charge on any atom is -0.490 e. The van der Waals surface area contributed by atoms with Crippen molar-refractivity contribution in [1.29, 1.82) is 0 Å². The molecule has 1 aliphatic heterocycles. The van der Waals surface area contributed by atoms with Gasteiger partial charge in [-0.05, 0) is 51.3 Å². The fourth-order valence-electron chi connectivity index (χ4n) is 3.73. The number of piperidine rings is 1. The van der Waals surface area contributed by atoms with Crippen molar-refractivity contribution in [2.75, 3.05) is 24.6 Å². The Hall–Kier alpha value is -2.67. The number of esters is 1. The van der Waals surface area contributed by atoms with Crippen LogP contribution in [0.1, 0.15) is 30.2 Å². The number of aromatic nitrogens is 2. The zero-order valence-electron chi connectivity index (χ0n) is 17.0. The standard InChI is InChI=1S/C22H25N3O3S/c1-4-27-17-7-5-6-8-18(17)28-22(26)16-9-11-25(12-10-16)20-19-14(2)15(3)29-21(19)24-13-23-20/h5-8,13,16H,4,9-12H2,1-3H3. The number of carbonyl (C=O) groups is 1. The maximum absolute atomic E-state index is 12.7. The second kappa shape index (κ2) is 8.37. The first-order chi connectivity index (χ1) is 14.1. The Morgan fingerprint density at radius 1 is 1.17 bits per heavy atom. The van der Waals surface area contributed by atoms with Crippen LogP contribution in [0.4, 0.5) is 5.82 Å². The Labute approximate surface area is 174 Å². The first-order valence-corrected chi connectivity index (χ1v) is 10.8. The van der Waals surface area contributed by atoms with Crippen LogP contribution < -0.4 is 14.4 Å². The van der Waals surface area contributed by atoms with Crippen molar-refractivity contribution in [3.8, 4) is 11.5 Å². The minimum atomic E-state index is -0.188. The molecule has 6 nitrogen and oxygen atoms in total. The summed E-state index contributed by atoms with van der Waals surface area (Å²) in [7, 11) is 0. The third-order valence-electron chi connectivity index (χ3n) is 5.43. The summed E-state index contributed by atoms with van der Waals surface area (Å²) in [6.07, 6.45) is 3.12. The van der Waals surface area contributed by atoms with Gasteiger partial charge in [-0.3, -0.25) is 4.79 Å². The largest absolute Gasteiger partial charge is 0.490 e. The predicted molar refractivity (Wildman–Crippen MR) is 115 cm³/mol. The highest BCUT2D eigenvalue weighted by atomic mass is 32.1. The monoisotopic (exact) mass is 411 g/mol. The number of ether oxygens (including phenoxy) is 2. The van der Waals surface area contributed by atoms with Crippen LogP contribution in [0.5, 0.6) is 11.5 Å². The van der Waals surface area contributed by atoms with Gasteiger partial charge in [0.25, 0.3) is 0 Å². The van der Waals surface area contributed by atoms with E-state index in [1.165, 1.54) is 10.4 Å². The molecule has 1 saturated heterocycles. The highest BCUT2D eigenvalue weighted by molar-refractivity contribution is 7.18. The minimum absolute atomic E-state index is 0.122. The second-order valence-corrected chi connectivity index (χ2v) is 8.43. The molecular formula is C22H25N3O3S. The number of fused-ring (bicyclic) bond motifs is 1. The molecule has 0 unspecified atom stereocenters. The number of aryl methyl sites for hydroxylation is 2. The molecule has 0 radical (unpaired) electrons. The van der Waals surface area contributed by atoms with E-state index in [1.807, 2.05) is 25.1 Å². The lowest BCUT2D eigenvalue weighted by Gasteiger charge is -2.32. The van der Waals surface area contributed by atoms with Crippen LogP contribution in [0.15, 0.2) is 30.6 Å². The first-order valence-electron chi connectivity index (χ1n) is 9.97. The normalized spacial score (nSPS) is 14.9. The zero-order chi connectivity index (χ0) is 20.4. The molecule has 3 aromatic rings. The Kier molecular flexibility index (Phi) is 5.67. The van der Waals surface area contributed by atoms with E-state index in [2.05, 4.69) is 28.7 Å². The summed E-state index contributed by atoms with van der Waals surface area (Å²) in [5, 5.41) is 1.14. The van der Waals surface area contributed by atoms with Crippen molar-refractivity contribution in [3.63, 3.8) is 0 Å². The molecule has 0 spiro atoms. The molecule has 3 heterocycles. The average Bonchev–Trinajstić information content (AvgIpc) is 3.03. The van der Waals surface area contributed by atoms with E-state index in [9.17, 15) is 4.79 Å². The van der Waals surface area contributed by atoms with Crippen molar-refractivity contribution in [2.24, 2.45) is 5.92 Å². The molecule has 152 valence electrons.